The van der Waals surface area contributed by atoms with E-state index in [1.165, 1.54) is 28.6 Å². The third-order valence-electron chi connectivity index (χ3n) is 9.73. The van der Waals surface area contributed by atoms with Crippen molar-refractivity contribution < 1.29 is 33.7 Å². The van der Waals surface area contributed by atoms with Gasteiger partial charge in [0.1, 0.15) is 22.2 Å². The molecule has 0 saturated heterocycles. The number of nitrogens with one attached hydrogen (secondary N) is 1. The van der Waals surface area contributed by atoms with Crippen LogP contribution in [0, 0.1) is 16.7 Å². The standard InChI is InChI=1S/C41H45N5O7Si/c1-42-29-12-10-27(36(24-29)46(50)51)9-8-19-52-21-22-53-20-18-43-40(47)28-11-15-32(41(48)49)35(23-28)39-33-16-13-30(44(2)3)25-37(33)54(6,7)38-26-31(45(4)5)14-17-34(38)39/h10-17,23-26H,8-9,18-22H2,2-7H3,(H-,43,47,48,49). The van der Waals surface area contributed by atoms with Gasteiger partial charge >= 0.3 is 0 Å². The molecule has 1 N–H and O–H groups in total. The summed E-state index contributed by atoms with van der Waals surface area (Å²) in [5, 5.41) is 29.2. The van der Waals surface area contributed by atoms with Gasteiger partial charge in [-0.1, -0.05) is 37.4 Å². The SMILES string of the molecule is [C-]#[N+]c1ccc(CCCOCCOCCNC(=O)c2ccc(C(=O)[O-])c(C3=C4C=CC(=[N+](C)C)C=C4[Si](C)(C)c4cc(N(C)C)ccc43)c2)c([N+](=O)[O-])c1. The topological polar surface area (TPSA) is 141 Å². The highest BCUT2D eigenvalue weighted by atomic mass is 28.3. The smallest absolute Gasteiger partial charge is 0.262 e. The Balaban J connectivity index is 1.25. The van der Waals surface area contributed by atoms with Gasteiger partial charge in [-0.05, 0) is 75.8 Å². The molecule has 3 aromatic rings. The fraction of sp³-hybridized carbons (Fsp3) is 0.317. The molecule has 0 bridgehead atoms. The van der Waals surface area contributed by atoms with Crippen molar-refractivity contribution in [2.75, 3.05) is 66.1 Å². The lowest BCUT2D eigenvalue weighted by Crippen LogP contribution is -2.50. The monoisotopic (exact) mass is 747 g/mol. The number of carboxylic acids is 1. The summed E-state index contributed by atoms with van der Waals surface area (Å²) >= 11 is 0. The van der Waals surface area contributed by atoms with E-state index in [4.69, 9.17) is 16.0 Å². The number of benzene rings is 3. The Morgan fingerprint density at radius 1 is 0.944 bits per heavy atom. The van der Waals surface area contributed by atoms with Gasteiger partial charge in [0.2, 0.25) is 0 Å². The summed E-state index contributed by atoms with van der Waals surface area (Å²) in [4.78, 5) is 42.2. The molecule has 13 heteroatoms. The predicted molar refractivity (Wildman–Crippen MR) is 211 cm³/mol. The van der Waals surface area contributed by atoms with Gasteiger partial charge in [-0.25, -0.2) is 9.42 Å². The van der Waals surface area contributed by atoms with Gasteiger partial charge in [0.05, 0.1) is 37.3 Å². The summed E-state index contributed by atoms with van der Waals surface area (Å²) in [5.74, 6) is -1.69. The summed E-state index contributed by atoms with van der Waals surface area (Å²) in [6.45, 7) is 13.1. The largest absolute Gasteiger partial charge is 0.545 e. The van der Waals surface area contributed by atoms with E-state index in [9.17, 15) is 24.8 Å². The van der Waals surface area contributed by atoms with Gasteiger partial charge in [0.15, 0.2) is 11.4 Å². The Hall–Kier alpha value is -5.68. The van der Waals surface area contributed by atoms with Gasteiger partial charge in [-0.3, -0.25) is 14.9 Å². The first-order valence-electron chi connectivity index (χ1n) is 17.7. The number of aryl methyl sites for hydroxylation is 1. The first kappa shape index (κ1) is 39.5. The number of carbonyl (C=O) groups is 2. The molecular formula is C41H45N5O7Si. The zero-order valence-electron chi connectivity index (χ0n) is 31.5. The van der Waals surface area contributed by atoms with Crippen molar-refractivity contribution >= 4 is 53.5 Å². The molecule has 1 aliphatic heterocycles. The zero-order chi connectivity index (χ0) is 39.2. The maximum atomic E-state index is 13.4. The Labute approximate surface area is 316 Å². The molecule has 0 spiro atoms. The number of rotatable bonds is 15. The number of aromatic carboxylic acids is 1. The molecule has 3 aromatic carbocycles. The second-order valence-corrected chi connectivity index (χ2v) is 18.4. The number of hydrogen-bond acceptors (Lipinski definition) is 8. The van der Waals surface area contributed by atoms with Gasteiger partial charge in [-0.2, -0.15) is 0 Å². The molecule has 0 aromatic heterocycles. The van der Waals surface area contributed by atoms with E-state index in [2.05, 4.69) is 57.0 Å². The predicted octanol–water partition coefficient (Wildman–Crippen LogP) is 4.45. The third kappa shape index (κ3) is 8.58. The number of nitro groups is 1. The zero-order valence-corrected chi connectivity index (χ0v) is 32.5. The lowest BCUT2D eigenvalue weighted by molar-refractivity contribution is -0.462. The number of hydrogen-bond donors (Lipinski definition) is 1. The molecule has 2 aliphatic rings. The number of fused-ring (bicyclic) bond motifs is 2. The highest BCUT2D eigenvalue weighted by Gasteiger charge is 2.41. The summed E-state index contributed by atoms with van der Waals surface area (Å²) < 4.78 is 13.3. The summed E-state index contributed by atoms with van der Waals surface area (Å²) in [6, 6.07) is 15.4. The van der Waals surface area contributed by atoms with Crippen LogP contribution in [0.15, 0.2) is 83.6 Å². The van der Waals surface area contributed by atoms with Crippen LogP contribution < -0.4 is 20.5 Å². The first-order valence-corrected chi connectivity index (χ1v) is 20.7. The fourth-order valence-electron chi connectivity index (χ4n) is 6.77. The minimum Gasteiger partial charge on any atom is -0.545 e. The van der Waals surface area contributed by atoms with E-state index < -0.39 is 19.0 Å². The van der Waals surface area contributed by atoms with Crippen LogP contribution in [0.2, 0.25) is 13.1 Å². The van der Waals surface area contributed by atoms with E-state index in [0.717, 1.165) is 28.1 Å². The molecular weight excluding hydrogens is 703 g/mol. The average Bonchev–Trinajstić information content (AvgIpc) is 3.15. The number of nitrogens with zero attached hydrogens (tertiary/aromatic N) is 4. The van der Waals surface area contributed by atoms with Crippen molar-refractivity contribution in [1.29, 1.82) is 0 Å². The van der Waals surface area contributed by atoms with Crippen LogP contribution in [0.1, 0.15) is 43.8 Å². The highest BCUT2D eigenvalue weighted by Crippen LogP contribution is 2.43. The van der Waals surface area contributed by atoms with Crippen molar-refractivity contribution in [3.05, 3.63) is 133 Å². The van der Waals surface area contributed by atoms with Crippen LogP contribution in [0.4, 0.5) is 17.1 Å². The fourth-order valence-corrected chi connectivity index (χ4v) is 9.84. The number of carboxylic acid groups (broad SMARTS) is 1. The number of ether oxygens (including phenoxy) is 2. The first-order chi connectivity index (χ1) is 25.7. The van der Waals surface area contributed by atoms with E-state index in [1.807, 2.05) is 40.3 Å². The molecule has 12 nitrogen and oxygen atoms in total. The Morgan fingerprint density at radius 2 is 1.69 bits per heavy atom. The summed E-state index contributed by atoms with van der Waals surface area (Å²) in [7, 11) is 5.72. The van der Waals surface area contributed by atoms with Gasteiger partial charge in [0, 0.05) is 67.8 Å². The maximum absolute atomic E-state index is 13.4. The minimum atomic E-state index is -2.27. The van der Waals surface area contributed by atoms with Crippen molar-refractivity contribution in [1.82, 2.24) is 5.32 Å². The molecule has 0 atom stereocenters. The van der Waals surface area contributed by atoms with E-state index >= 15 is 0 Å². The Bertz CT molecular complexity index is 2160. The van der Waals surface area contributed by atoms with Crippen molar-refractivity contribution in [2.45, 2.75) is 25.9 Å². The minimum absolute atomic E-state index is 0.00718. The molecule has 54 heavy (non-hydrogen) atoms. The molecule has 280 valence electrons. The van der Waals surface area contributed by atoms with Crippen LogP contribution in [-0.2, 0) is 15.9 Å². The third-order valence-corrected chi connectivity index (χ3v) is 13.2. The van der Waals surface area contributed by atoms with Crippen LogP contribution in [-0.4, -0.2) is 96.3 Å². The Morgan fingerprint density at radius 3 is 2.35 bits per heavy atom. The lowest BCUT2D eigenvalue weighted by Gasteiger charge is -2.38. The van der Waals surface area contributed by atoms with Crippen molar-refractivity contribution in [3.63, 3.8) is 0 Å². The maximum Gasteiger partial charge on any atom is 0.262 e. The normalized spacial score (nSPS) is 14.1. The number of amides is 1. The molecule has 1 heterocycles. The molecule has 0 unspecified atom stereocenters. The van der Waals surface area contributed by atoms with E-state index in [0.29, 0.717) is 49.4 Å². The second kappa shape index (κ2) is 17.0. The van der Waals surface area contributed by atoms with E-state index in [-0.39, 0.29) is 36.0 Å². The van der Waals surface area contributed by atoms with Crippen LogP contribution in [0.5, 0.6) is 0 Å². The molecule has 0 radical (unpaired) electrons. The van der Waals surface area contributed by atoms with Gasteiger partial charge in [-0.15, -0.1) is 0 Å². The summed E-state index contributed by atoms with van der Waals surface area (Å²) in [5.41, 5.74) is 6.24. The van der Waals surface area contributed by atoms with Crippen LogP contribution in [0.25, 0.3) is 10.4 Å². The lowest BCUT2D eigenvalue weighted by atomic mass is 9.86. The van der Waals surface area contributed by atoms with Crippen molar-refractivity contribution in [2.24, 2.45) is 0 Å². The van der Waals surface area contributed by atoms with Gasteiger partial charge < -0.3 is 29.6 Å². The molecule has 0 saturated carbocycles. The van der Waals surface area contributed by atoms with E-state index in [1.54, 1.807) is 18.2 Å². The summed E-state index contributed by atoms with van der Waals surface area (Å²) in [6.07, 6.45) is 7.32. The number of anilines is 1. The van der Waals surface area contributed by atoms with Crippen molar-refractivity contribution in [3.8, 4) is 0 Å². The van der Waals surface area contributed by atoms with Crippen LogP contribution in [0.3, 0.4) is 0 Å². The second-order valence-electron chi connectivity index (χ2n) is 14.1. The Kier molecular flexibility index (Phi) is 12.4. The quantitative estimate of drug-likeness (QED) is 0.0601. The van der Waals surface area contributed by atoms with Crippen LogP contribution >= 0.6 is 0 Å². The molecule has 1 aliphatic carbocycles. The average molecular weight is 748 g/mol. The number of nitro benzene ring substituents is 1. The molecule has 5 rings (SSSR count). The number of carbonyl (C=O) groups excluding carboxylic acids is 2. The molecule has 1 amide bonds. The number of allylic oxidation sites excluding steroid dienone is 5. The molecule has 0 fully saturated rings. The van der Waals surface area contributed by atoms with Gasteiger partial charge in [0.25, 0.3) is 11.6 Å². The highest BCUT2D eigenvalue weighted by molar-refractivity contribution is 6.98.